The molecule has 0 N–H and O–H groups in total. The molecule has 2 heteroatoms. The molecule has 0 spiro atoms. The van der Waals surface area contributed by atoms with Gasteiger partial charge in [0.25, 0.3) is 0 Å². The number of carbonyl (C=O) groups is 1. The van der Waals surface area contributed by atoms with Gasteiger partial charge < -0.3 is 4.90 Å². The molecule has 0 saturated heterocycles. The molecule has 0 radical (unpaired) electrons. The highest BCUT2D eigenvalue weighted by Crippen LogP contribution is 2.27. The summed E-state index contributed by atoms with van der Waals surface area (Å²) in [6.07, 6.45) is 0. The molecule has 2 nitrogen and oxygen atoms in total. The summed E-state index contributed by atoms with van der Waals surface area (Å²) >= 11 is 0. The SMILES string of the molecule is CCN(Cc1ccccc1)C(=O)C(c1ccccc1)c1ccccc1. The molecule has 0 aliphatic rings. The van der Waals surface area contributed by atoms with Crippen LogP contribution in [0.1, 0.15) is 29.5 Å². The van der Waals surface area contributed by atoms with Crippen LogP contribution in [0, 0.1) is 0 Å². The lowest BCUT2D eigenvalue weighted by atomic mass is 9.90. The number of hydrogen-bond acceptors (Lipinski definition) is 1. The third-order valence-corrected chi connectivity index (χ3v) is 4.42. The first kappa shape index (κ1) is 17.0. The van der Waals surface area contributed by atoms with Crippen molar-refractivity contribution in [2.45, 2.75) is 19.4 Å². The Morgan fingerprint density at radius 1 is 0.760 bits per heavy atom. The molecule has 0 bridgehead atoms. The van der Waals surface area contributed by atoms with Crippen molar-refractivity contribution in [1.82, 2.24) is 4.90 Å². The Balaban J connectivity index is 1.93. The van der Waals surface area contributed by atoms with Gasteiger partial charge in [-0.15, -0.1) is 0 Å². The minimum Gasteiger partial charge on any atom is -0.338 e. The zero-order valence-electron chi connectivity index (χ0n) is 14.5. The highest BCUT2D eigenvalue weighted by molar-refractivity contribution is 5.87. The molecule has 0 fully saturated rings. The Kier molecular flexibility index (Phi) is 5.63. The summed E-state index contributed by atoms with van der Waals surface area (Å²) in [5.41, 5.74) is 3.22. The predicted octanol–water partition coefficient (Wildman–Crippen LogP) is 4.87. The molecule has 0 aliphatic carbocycles. The van der Waals surface area contributed by atoms with E-state index in [-0.39, 0.29) is 11.8 Å². The molecule has 0 atom stereocenters. The summed E-state index contributed by atoms with van der Waals surface area (Å²) in [6.45, 7) is 3.35. The maximum Gasteiger partial charge on any atom is 0.234 e. The van der Waals surface area contributed by atoms with E-state index in [1.807, 2.05) is 90.7 Å². The number of nitrogens with zero attached hydrogens (tertiary/aromatic N) is 1. The molecular formula is C23H23NO. The van der Waals surface area contributed by atoms with Crippen LogP contribution in [-0.4, -0.2) is 17.4 Å². The smallest absolute Gasteiger partial charge is 0.234 e. The molecule has 3 aromatic rings. The van der Waals surface area contributed by atoms with Crippen molar-refractivity contribution in [2.75, 3.05) is 6.54 Å². The van der Waals surface area contributed by atoms with E-state index in [0.29, 0.717) is 13.1 Å². The number of likely N-dealkylation sites (N-methyl/N-ethyl adjacent to an activating group) is 1. The Bertz CT molecular complexity index is 745. The zero-order valence-corrected chi connectivity index (χ0v) is 14.5. The summed E-state index contributed by atoms with van der Waals surface area (Å²) < 4.78 is 0. The fourth-order valence-corrected chi connectivity index (χ4v) is 3.10. The number of carbonyl (C=O) groups excluding carboxylic acids is 1. The highest BCUT2D eigenvalue weighted by atomic mass is 16.2. The van der Waals surface area contributed by atoms with Crippen LogP contribution in [0.25, 0.3) is 0 Å². The maximum atomic E-state index is 13.4. The first-order chi connectivity index (χ1) is 12.3. The van der Waals surface area contributed by atoms with Crippen LogP contribution in [0.15, 0.2) is 91.0 Å². The summed E-state index contributed by atoms with van der Waals surface area (Å²) in [5, 5.41) is 0. The lowest BCUT2D eigenvalue weighted by molar-refractivity contribution is -0.132. The average Bonchev–Trinajstić information content (AvgIpc) is 2.69. The Morgan fingerprint density at radius 2 is 1.20 bits per heavy atom. The van der Waals surface area contributed by atoms with Crippen LogP contribution in [0.4, 0.5) is 0 Å². The summed E-state index contributed by atoms with van der Waals surface area (Å²) in [5.74, 6) is -0.130. The van der Waals surface area contributed by atoms with E-state index in [2.05, 4.69) is 12.1 Å². The van der Waals surface area contributed by atoms with Crippen LogP contribution < -0.4 is 0 Å². The van der Waals surface area contributed by atoms with E-state index < -0.39 is 0 Å². The van der Waals surface area contributed by atoms with Gasteiger partial charge >= 0.3 is 0 Å². The van der Waals surface area contributed by atoms with E-state index in [1.54, 1.807) is 0 Å². The molecule has 0 aliphatic heterocycles. The first-order valence-corrected chi connectivity index (χ1v) is 8.72. The van der Waals surface area contributed by atoms with Gasteiger partial charge in [0.1, 0.15) is 0 Å². The lowest BCUT2D eigenvalue weighted by Gasteiger charge is -2.27. The summed E-state index contributed by atoms with van der Waals surface area (Å²) in [7, 11) is 0. The van der Waals surface area contributed by atoms with Gasteiger partial charge in [0.05, 0.1) is 5.92 Å². The monoisotopic (exact) mass is 329 g/mol. The third-order valence-electron chi connectivity index (χ3n) is 4.42. The molecule has 25 heavy (non-hydrogen) atoms. The molecule has 3 aromatic carbocycles. The van der Waals surface area contributed by atoms with Crippen molar-refractivity contribution < 1.29 is 4.79 Å². The van der Waals surface area contributed by atoms with Crippen LogP contribution >= 0.6 is 0 Å². The van der Waals surface area contributed by atoms with Gasteiger partial charge in [-0.05, 0) is 23.6 Å². The second-order valence-electron chi connectivity index (χ2n) is 6.09. The van der Waals surface area contributed by atoms with E-state index in [4.69, 9.17) is 0 Å². The van der Waals surface area contributed by atoms with Gasteiger partial charge in [-0.2, -0.15) is 0 Å². The van der Waals surface area contributed by atoms with E-state index >= 15 is 0 Å². The summed E-state index contributed by atoms with van der Waals surface area (Å²) in [6, 6.07) is 30.2. The van der Waals surface area contributed by atoms with Crippen LogP contribution in [0.2, 0.25) is 0 Å². The van der Waals surface area contributed by atoms with Crippen molar-refractivity contribution in [3.05, 3.63) is 108 Å². The topological polar surface area (TPSA) is 20.3 Å². The fourth-order valence-electron chi connectivity index (χ4n) is 3.10. The lowest BCUT2D eigenvalue weighted by Crippen LogP contribution is -2.35. The van der Waals surface area contributed by atoms with Gasteiger partial charge in [0.15, 0.2) is 0 Å². The minimum absolute atomic E-state index is 0.142. The number of rotatable bonds is 6. The molecule has 126 valence electrons. The van der Waals surface area contributed by atoms with Crippen molar-refractivity contribution in [3.8, 4) is 0 Å². The number of amides is 1. The summed E-state index contributed by atoms with van der Waals surface area (Å²) in [4.78, 5) is 15.3. The second kappa shape index (κ2) is 8.29. The van der Waals surface area contributed by atoms with Crippen molar-refractivity contribution in [1.29, 1.82) is 0 Å². The Labute approximate surface area is 149 Å². The van der Waals surface area contributed by atoms with Crippen molar-refractivity contribution >= 4 is 5.91 Å². The number of benzene rings is 3. The molecule has 0 unspecified atom stereocenters. The molecule has 1 amide bonds. The quantitative estimate of drug-likeness (QED) is 0.632. The van der Waals surface area contributed by atoms with Gasteiger partial charge in [-0.3, -0.25) is 4.79 Å². The predicted molar refractivity (Wildman–Crippen MR) is 102 cm³/mol. The average molecular weight is 329 g/mol. The largest absolute Gasteiger partial charge is 0.338 e. The molecule has 3 rings (SSSR count). The van der Waals surface area contributed by atoms with Gasteiger partial charge in [0, 0.05) is 13.1 Å². The van der Waals surface area contributed by atoms with Crippen molar-refractivity contribution in [3.63, 3.8) is 0 Å². The third kappa shape index (κ3) is 4.16. The van der Waals surface area contributed by atoms with Gasteiger partial charge in [0.2, 0.25) is 5.91 Å². The zero-order chi connectivity index (χ0) is 17.5. The van der Waals surface area contributed by atoms with Gasteiger partial charge in [-0.25, -0.2) is 0 Å². The molecular weight excluding hydrogens is 306 g/mol. The first-order valence-electron chi connectivity index (χ1n) is 8.72. The van der Waals surface area contributed by atoms with Crippen LogP contribution in [0.3, 0.4) is 0 Å². The highest BCUT2D eigenvalue weighted by Gasteiger charge is 2.26. The maximum absolute atomic E-state index is 13.4. The molecule has 0 heterocycles. The van der Waals surface area contributed by atoms with Crippen molar-refractivity contribution in [2.24, 2.45) is 0 Å². The Morgan fingerprint density at radius 3 is 1.64 bits per heavy atom. The van der Waals surface area contributed by atoms with E-state index in [9.17, 15) is 4.79 Å². The van der Waals surface area contributed by atoms with Crippen LogP contribution in [-0.2, 0) is 11.3 Å². The minimum atomic E-state index is -0.272. The van der Waals surface area contributed by atoms with E-state index in [1.165, 1.54) is 0 Å². The standard InChI is InChI=1S/C23H23NO/c1-2-24(18-19-12-6-3-7-13-19)23(25)22(20-14-8-4-9-15-20)21-16-10-5-11-17-21/h3-17,22H,2,18H2,1H3. The van der Waals surface area contributed by atoms with E-state index in [0.717, 1.165) is 16.7 Å². The van der Waals surface area contributed by atoms with Crippen LogP contribution in [0.5, 0.6) is 0 Å². The molecule has 0 saturated carbocycles. The number of hydrogen-bond donors (Lipinski definition) is 0. The normalized spacial score (nSPS) is 10.6. The fraction of sp³-hybridized carbons (Fsp3) is 0.174. The Hall–Kier alpha value is -2.87. The second-order valence-corrected chi connectivity index (χ2v) is 6.09. The van der Waals surface area contributed by atoms with Gasteiger partial charge in [-0.1, -0.05) is 91.0 Å². The molecule has 0 aromatic heterocycles.